The van der Waals surface area contributed by atoms with Crippen molar-refractivity contribution in [3.05, 3.63) is 0 Å². The van der Waals surface area contributed by atoms with Crippen molar-refractivity contribution in [1.29, 1.82) is 0 Å². The molecule has 86 valence electrons. The molecule has 0 aliphatic carbocycles. The molecule has 0 aromatic carbocycles. The van der Waals surface area contributed by atoms with Crippen LogP contribution in [0.4, 0.5) is 0 Å². The third kappa shape index (κ3) is 3.09. The van der Waals surface area contributed by atoms with E-state index < -0.39 is 16.8 Å². The SMILES string of the molecule is CC(Cl)(Cl)C(Cl)(Cl)C(Cl)(Cl)C(Cl)(Cl)Cl. The molecule has 0 N–H and O–H groups in total. The van der Waals surface area contributed by atoms with E-state index >= 15 is 0 Å². The summed E-state index contributed by atoms with van der Waals surface area (Å²) in [4.78, 5) is 0. The van der Waals surface area contributed by atoms with Crippen LogP contribution in [-0.4, -0.2) is 16.8 Å². The molecule has 0 saturated heterocycles. The summed E-state index contributed by atoms with van der Waals surface area (Å²) in [5.41, 5.74) is 0. The fourth-order valence-corrected chi connectivity index (χ4v) is 2.31. The molecule has 0 aliphatic rings. The van der Waals surface area contributed by atoms with Gasteiger partial charge in [-0.25, -0.2) is 0 Å². The van der Waals surface area contributed by atoms with Gasteiger partial charge in [0.2, 0.25) is 3.79 Å². The number of rotatable bonds is 2. The van der Waals surface area contributed by atoms with Crippen molar-refractivity contribution in [2.24, 2.45) is 0 Å². The van der Waals surface area contributed by atoms with E-state index in [1.807, 2.05) is 0 Å². The van der Waals surface area contributed by atoms with E-state index in [4.69, 9.17) is 104 Å². The Balaban J connectivity index is 5.30. The number of alkyl halides is 9. The zero-order chi connectivity index (χ0) is 12.0. The lowest BCUT2D eigenvalue weighted by molar-refractivity contribution is 0.611. The van der Waals surface area contributed by atoms with Crippen molar-refractivity contribution in [2.45, 2.75) is 23.7 Å². The highest BCUT2D eigenvalue weighted by atomic mass is 35.6. The second-order valence-electron chi connectivity index (χ2n) is 2.53. The van der Waals surface area contributed by atoms with Gasteiger partial charge in [0, 0.05) is 0 Å². The minimum Gasteiger partial charge on any atom is -0.0985 e. The monoisotopic (exact) mass is 378 g/mol. The first kappa shape index (κ1) is 16.6. The Kier molecular flexibility index (Phi) is 5.58. The molecular weight excluding hydrogens is 379 g/mol. The Morgan fingerprint density at radius 1 is 0.571 bits per heavy atom. The molecule has 0 heterocycles. The van der Waals surface area contributed by atoms with Crippen molar-refractivity contribution in [1.82, 2.24) is 0 Å². The average molecular weight is 382 g/mol. The summed E-state index contributed by atoms with van der Waals surface area (Å²) in [6, 6.07) is 0. The fourth-order valence-electron chi connectivity index (χ4n) is 0.454. The van der Waals surface area contributed by atoms with Crippen LogP contribution in [0.25, 0.3) is 0 Å². The molecule has 0 saturated carbocycles. The van der Waals surface area contributed by atoms with Gasteiger partial charge in [0.1, 0.15) is 0 Å². The first-order valence-corrected chi connectivity index (χ1v) is 6.35. The molecule has 0 amide bonds. The van der Waals surface area contributed by atoms with Gasteiger partial charge in [0.25, 0.3) is 0 Å². The molecule has 0 atom stereocenters. The standard InChI is InChI=1S/C5H3Cl9/c1-2(6,7)3(8,9)4(10,11)5(12,13)14/h1H3. The highest BCUT2D eigenvalue weighted by Crippen LogP contribution is 2.62. The van der Waals surface area contributed by atoms with Gasteiger partial charge in [-0.1, -0.05) is 104 Å². The van der Waals surface area contributed by atoms with Crippen LogP contribution >= 0.6 is 104 Å². The van der Waals surface area contributed by atoms with Crippen LogP contribution in [0.1, 0.15) is 6.92 Å². The molecule has 0 radical (unpaired) electrons. The Morgan fingerprint density at radius 3 is 0.929 bits per heavy atom. The normalized spacial score (nSPS) is 15.9. The minimum atomic E-state index is -2.17. The molecule has 0 fully saturated rings. The smallest absolute Gasteiger partial charge is 0.0985 e. The van der Waals surface area contributed by atoms with E-state index in [0.29, 0.717) is 0 Å². The molecule has 0 rings (SSSR count). The summed E-state index contributed by atoms with van der Waals surface area (Å²) in [5.74, 6) is 0. The highest BCUT2D eigenvalue weighted by molar-refractivity contribution is 6.80. The van der Waals surface area contributed by atoms with E-state index in [1.165, 1.54) is 6.92 Å². The topological polar surface area (TPSA) is 0 Å². The van der Waals surface area contributed by atoms with E-state index in [0.717, 1.165) is 0 Å². The number of hydrogen-bond donors (Lipinski definition) is 0. The summed E-state index contributed by atoms with van der Waals surface area (Å²) >= 11 is 50.8. The molecule has 0 spiro atoms. The van der Waals surface area contributed by atoms with E-state index in [2.05, 4.69) is 0 Å². The largest absolute Gasteiger partial charge is 0.226 e. The summed E-state index contributed by atoms with van der Waals surface area (Å²) < 4.78 is -8.10. The van der Waals surface area contributed by atoms with Crippen LogP contribution in [0.15, 0.2) is 0 Å². The lowest BCUT2D eigenvalue weighted by Gasteiger charge is -2.42. The van der Waals surface area contributed by atoms with Crippen LogP contribution in [0.5, 0.6) is 0 Å². The highest BCUT2D eigenvalue weighted by Gasteiger charge is 2.66. The first-order chi connectivity index (χ1) is 5.75. The summed E-state index contributed by atoms with van der Waals surface area (Å²) in [7, 11) is 0. The minimum absolute atomic E-state index is 1.27. The van der Waals surface area contributed by atoms with Gasteiger partial charge in [-0.15, -0.1) is 0 Å². The summed E-state index contributed by atoms with van der Waals surface area (Å²) in [6.45, 7) is 1.27. The summed E-state index contributed by atoms with van der Waals surface area (Å²) in [6.07, 6.45) is 0. The Morgan fingerprint density at radius 2 is 0.857 bits per heavy atom. The average Bonchev–Trinajstić information content (AvgIpc) is 1.81. The van der Waals surface area contributed by atoms with Crippen LogP contribution in [-0.2, 0) is 0 Å². The maximum absolute atomic E-state index is 5.77. The van der Waals surface area contributed by atoms with Crippen molar-refractivity contribution < 1.29 is 0 Å². The Hall–Kier alpha value is 2.61. The van der Waals surface area contributed by atoms with Gasteiger partial charge in [-0.2, -0.15) is 0 Å². The van der Waals surface area contributed by atoms with Gasteiger partial charge in [0.15, 0.2) is 13.0 Å². The second kappa shape index (κ2) is 4.71. The van der Waals surface area contributed by atoms with E-state index in [1.54, 1.807) is 0 Å². The van der Waals surface area contributed by atoms with Crippen molar-refractivity contribution in [2.75, 3.05) is 0 Å². The van der Waals surface area contributed by atoms with Gasteiger partial charge >= 0.3 is 0 Å². The molecule has 0 unspecified atom stereocenters. The van der Waals surface area contributed by atoms with Crippen LogP contribution in [0, 0.1) is 0 Å². The zero-order valence-corrected chi connectivity index (χ0v) is 13.2. The Bertz CT molecular complexity index is 182. The molecule has 0 aromatic rings. The van der Waals surface area contributed by atoms with Gasteiger partial charge in [-0.05, 0) is 6.92 Å². The predicted octanol–water partition coefficient (Wildman–Crippen LogP) is 5.90. The molecular formula is C5H3Cl9. The van der Waals surface area contributed by atoms with Gasteiger partial charge < -0.3 is 0 Å². The lowest BCUT2D eigenvalue weighted by Crippen LogP contribution is -2.55. The molecule has 9 heteroatoms. The molecule has 0 nitrogen and oxygen atoms in total. The summed E-state index contributed by atoms with van der Waals surface area (Å²) in [5, 5.41) is 0. The Labute approximate surface area is 127 Å². The molecule has 0 aliphatic heterocycles. The van der Waals surface area contributed by atoms with Crippen LogP contribution in [0.2, 0.25) is 0 Å². The predicted molar refractivity (Wildman–Crippen MR) is 69.3 cm³/mol. The van der Waals surface area contributed by atoms with E-state index in [-0.39, 0.29) is 0 Å². The number of halogens is 9. The van der Waals surface area contributed by atoms with Crippen LogP contribution < -0.4 is 0 Å². The second-order valence-corrected chi connectivity index (χ2v) is 9.18. The molecule has 14 heavy (non-hydrogen) atoms. The maximum atomic E-state index is 5.77. The van der Waals surface area contributed by atoms with Crippen molar-refractivity contribution in [3.63, 3.8) is 0 Å². The van der Waals surface area contributed by atoms with Crippen molar-refractivity contribution in [3.8, 4) is 0 Å². The quantitative estimate of drug-likeness (QED) is 0.522. The van der Waals surface area contributed by atoms with E-state index in [9.17, 15) is 0 Å². The third-order valence-corrected chi connectivity index (χ3v) is 6.53. The van der Waals surface area contributed by atoms with Crippen molar-refractivity contribution >= 4 is 104 Å². The third-order valence-electron chi connectivity index (χ3n) is 1.30. The maximum Gasteiger partial charge on any atom is 0.226 e. The fraction of sp³-hybridized carbons (Fsp3) is 1.00. The molecule has 0 aromatic heterocycles. The van der Waals surface area contributed by atoms with Gasteiger partial charge in [-0.3, -0.25) is 0 Å². The zero-order valence-electron chi connectivity index (χ0n) is 6.40. The molecule has 0 bridgehead atoms. The lowest BCUT2D eigenvalue weighted by atomic mass is 10.2. The first-order valence-electron chi connectivity index (χ1n) is 2.95. The number of hydrogen-bond acceptors (Lipinski definition) is 0. The van der Waals surface area contributed by atoms with Crippen LogP contribution in [0.3, 0.4) is 0 Å². The van der Waals surface area contributed by atoms with Gasteiger partial charge in [0.05, 0.1) is 0 Å².